The van der Waals surface area contributed by atoms with Crippen LogP contribution in [-0.4, -0.2) is 74.5 Å². The number of amides is 1. The lowest BCUT2D eigenvalue weighted by atomic mass is 10.0. The first kappa shape index (κ1) is 30.6. The highest BCUT2D eigenvalue weighted by molar-refractivity contribution is 7.21. The van der Waals surface area contributed by atoms with Crippen LogP contribution in [0.5, 0.6) is 5.75 Å². The van der Waals surface area contributed by atoms with E-state index in [1.165, 1.54) is 58.4 Å². The summed E-state index contributed by atoms with van der Waals surface area (Å²) in [5, 5.41) is 9.26. The molecule has 0 saturated carbocycles. The van der Waals surface area contributed by atoms with Crippen LogP contribution in [0.25, 0.3) is 15.2 Å². The number of rotatable bonds is 9. The van der Waals surface area contributed by atoms with E-state index in [1.54, 1.807) is 25.7 Å². The van der Waals surface area contributed by atoms with E-state index >= 15 is 0 Å². The van der Waals surface area contributed by atoms with Crippen molar-refractivity contribution in [3.8, 4) is 10.8 Å². The third kappa shape index (κ3) is 5.61. The predicted molar refractivity (Wildman–Crippen MR) is 159 cm³/mol. The smallest absolute Gasteiger partial charge is 0.333 e. The molecule has 0 bridgehead atoms. The second-order valence-corrected chi connectivity index (χ2v) is 12.1. The van der Waals surface area contributed by atoms with E-state index in [4.69, 9.17) is 14.2 Å². The first-order valence-corrected chi connectivity index (χ1v) is 14.8. The van der Waals surface area contributed by atoms with Gasteiger partial charge < -0.3 is 19.1 Å². The number of carbonyl (C=O) groups excluding carboxylic acids is 1. The maximum atomic E-state index is 14.5. The van der Waals surface area contributed by atoms with Crippen LogP contribution in [0.15, 0.2) is 40.2 Å². The standard InChI is InChI=1S/C29H35FN6O6S/c1-17(2)42-22(20-15-19(30)7-8-21(20)40-6)16-34-26-23(18(3)25(43-26)36-31-9-10-32-36)24(37)35(28(34)39)29(4,5)27(38)33-11-13-41-14-12-33/h7-10,15,17,22H,11-14,16H2,1-6H3. The zero-order valence-electron chi connectivity index (χ0n) is 25.0. The Labute approximate surface area is 251 Å². The summed E-state index contributed by atoms with van der Waals surface area (Å²) in [5.41, 5.74) is -1.87. The third-order valence-corrected chi connectivity index (χ3v) is 8.77. The third-order valence-electron chi connectivity index (χ3n) is 7.49. The summed E-state index contributed by atoms with van der Waals surface area (Å²) in [6, 6.07) is 4.10. The lowest BCUT2D eigenvalue weighted by Crippen LogP contribution is -2.58. The monoisotopic (exact) mass is 614 g/mol. The molecular formula is C29H35FN6O6S. The second kappa shape index (κ2) is 12.0. The summed E-state index contributed by atoms with van der Waals surface area (Å²) in [6.07, 6.45) is 1.89. The lowest BCUT2D eigenvalue weighted by molar-refractivity contribution is -0.143. The fraction of sp³-hybridized carbons (Fsp3) is 0.483. The van der Waals surface area contributed by atoms with Crippen molar-refractivity contribution in [3.63, 3.8) is 0 Å². The van der Waals surface area contributed by atoms with Crippen LogP contribution < -0.4 is 16.0 Å². The minimum atomic E-state index is -1.54. The Bertz CT molecular complexity index is 1750. The van der Waals surface area contributed by atoms with Gasteiger partial charge in [0.05, 0.1) is 50.8 Å². The molecule has 4 aromatic rings. The van der Waals surface area contributed by atoms with Crippen molar-refractivity contribution in [3.05, 3.63) is 68.4 Å². The van der Waals surface area contributed by atoms with Gasteiger partial charge in [0.15, 0.2) is 0 Å². The number of hydrogen-bond acceptors (Lipinski definition) is 9. The van der Waals surface area contributed by atoms with Crippen LogP contribution in [0.3, 0.4) is 0 Å². The molecule has 0 radical (unpaired) electrons. The molecule has 4 heterocycles. The zero-order valence-corrected chi connectivity index (χ0v) is 25.8. The first-order chi connectivity index (χ1) is 20.4. The van der Waals surface area contributed by atoms with Gasteiger partial charge in [-0.2, -0.15) is 10.2 Å². The number of nitrogens with zero attached hydrogens (tertiary/aromatic N) is 6. The maximum Gasteiger partial charge on any atom is 0.333 e. The molecule has 0 spiro atoms. The summed E-state index contributed by atoms with van der Waals surface area (Å²) in [6.45, 7) is 9.90. The molecule has 1 aliphatic rings. The van der Waals surface area contributed by atoms with E-state index in [0.717, 1.165) is 4.57 Å². The summed E-state index contributed by atoms with van der Waals surface area (Å²) in [7, 11) is 1.47. The van der Waals surface area contributed by atoms with Gasteiger partial charge in [0, 0.05) is 24.2 Å². The van der Waals surface area contributed by atoms with Crippen LogP contribution in [0.2, 0.25) is 0 Å². The van der Waals surface area contributed by atoms with Crippen LogP contribution in [0.1, 0.15) is 44.9 Å². The Morgan fingerprint density at radius 1 is 1.16 bits per heavy atom. The maximum absolute atomic E-state index is 14.5. The highest BCUT2D eigenvalue weighted by atomic mass is 32.1. The second-order valence-electron chi connectivity index (χ2n) is 11.1. The number of thiophene rings is 1. The van der Waals surface area contributed by atoms with Crippen molar-refractivity contribution in [1.82, 2.24) is 29.0 Å². The quantitative estimate of drug-likeness (QED) is 0.282. The normalized spacial score (nSPS) is 14.9. The Balaban J connectivity index is 1.77. The molecule has 12 nitrogen and oxygen atoms in total. The topological polar surface area (TPSA) is 123 Å². The molecule has 1 amide bonds. The SMILES string of the molecule is COc1ccc(F)cc1C(Cn1c(=O)n(C(C)(C)C(=O)N2CCOCC2)c(=O)c2c(C)c(-n3nccn3)sc21)OC(C)C. The average molecular weight is 615 g/mol. The van der Waals surface area contributed by atoms with E-state index < -0.39 is 28.7 Å². The minimum Gasteiger partial charge on any atom is -0.496 e. The molecule has 1 saturated heterocycles. The molecule has 14 heteroatoms. The van der Waals surface area contributed by atoms with E-state index in [9.17, 15) is 18.8 Å². The van der Waals surface area contributed by atoms with Crippen LogP contribution in [-0.2, 0) is 26.4 Å². The number of aryl methyl sites for hydroxylation is 1. The Hall–Kier alpha value is -3.88. The summed E-state index contributed by atoms with van der Waals surface area (Å²) >= 11 is 1.18. The van der Waals surface area contributed by atoms with E-state index in [1.807, 2.05) is 13.8 Å². The van der Waals surface area contributed by atoms with Gasteiger partial charge in [-0.15, -0.1) is 4.80 Å². The Kier molecular flexibility index (Phi) is 8.54. The fourth-order valence-electron chi connectivity index (χ4n) is 5.41. The minimum absolute atomic E-state index is 0.0959. The zero-order chi connectivity index (χ0) is 31.1. The molecule has 43 heavy (non-hydrogen) atoms. The van der Waals surface area contributed by atoms with Crippen molar-refractivity contribution in [2.75, 3.05) is 33.4 Å². The predicted octanol–water partition coefficient (Wildman–Crippen LogP) is 3.02. The van der Waals surface area contributed by atoms with Gasteiger partial charge in [0.1, 0.15) is 33.0 Å². The highest BCUT2D eigenvalue weighted by Gasteiger charge is 2.39. The largest absolute Gasteiger partial charge is 0.496 e. The molecule has 1 atom stereocenters. The van der Waals surface area contributed by atoms with Gasteiger partial charge in [0.25, 0.3) is 5.56 Å². The number of halogens is 1. The van der Waals surface area contributed by atoms with Crippen LogP contribution in [0.4, 0.5) is 4.39 Å². The number of benzene rings is 1. The van der Waals surface area contributed by atoms with E-state index in [0.29, 0.717) is 53.0 Å². The summed E-state index contributed by atoms with van der Waals surface area (Å²) in [4.78, 5) is 45.9. The molecule has 1 fully saturated rings. The summed E-state index contributed by atoms with van der Waals surface area (Å²) in [5.74, 6) is -0.479. The van der Waals surface area contributed by atoms with Crippen molar-refractivity contribution >= 4 is 27.5 Å². The fourth-order valence-corrected chi connectivity index (χ4v) is 6.63. The molecule has 3 aromatic heterocycles. The number of morpholine rings is 1. The molecule has 230 valence electrons. The lowest BCUT2D eigenvalue weighted by Gasteiger charge is -2.35. The van der Waals surface area contributed by atoms with Crippen molar-refractivity contribution in [2.24, 2.45) is 0 Å². The molecule has 0 aliphatic carbocycles. The van der Waals surface area contributed by atoms with Gasteiger partial charge in [0.2, 0.25) is 5.91 Å². The first-order valence-electron chi connectivity index (χ1n) is 14.0. The van der Waals surface area contributed by atoms with Gasteiger partial charge in [-0.3, -0.25) is 14.2 Å². The molecule has 1 unspecified atom stereocenters. The van der Waals surface area contributed by atoms with Gasteiger partial charge in [-0.1, -0.05) is 11.3 Å². The van der Waals surface area contributed by atoms with Crippen LogP contribution in [0, 0.1) is 12.7 Å². The van der Waals surface area contributed by atoms with E-state index in [-0.39, 0.29) is 23.9 Å². The summed E-state index contributed by atoms with van der Waals surface area (Å²) < 4.78 is 34.1. The number of fused-ring (bicyclic) bond motifs is 1. The Morgan fingerprint density at radius 3 is 2.47 bits per heavy atom. The highest BCUT2D eigenvalue weighted by Crippen LogP contribution is 2.35. The molecule has 1 aromatic carbocycles. The van der Waals surface area contributed by atoms with Gasteiger partial charge in [-0.25, -0.2) is 13.8 Å². The molecular weight excluding hydrogens is 579 g/mol. The number of hydrogen-bond donors (Lipinski definition) is 0. The van der Waals surface area contributed by atoms with E-state index in [2.05, 4.69) is 10.2 Å². The number of carbonyl (C=O) groups is 1. The van der Waals surface area contributed by atoms with Crippen molar-refractivity contribution in [2.45, 2.75) is 58.9 Å². The van der Waals surface area contributed by atoms with Gasteiger partial charge in [-0.05, 0) is 52.8 Å². The average Bonchev–Trinajstić information content (AvgIpc) is 3.62. The Morgan fingerprint density at radius 2 is 1.84 bits per heavy atom. The number of aromatic nitrogens is 5. The molecule has 0 N–H and O–H groups in total. The van der Waals surface area contributed by atoms with Crippen LogP contribution >= 0.6 is 11.3 Å². The number of methoxy groups -OCH3 is 1. The van der Waals surface area contributed by atoms with Gasteiger partial charge >= 0.3 is 5.69 Å². The van der Waals surface area contributed by atoms with Crippen molar-refractivity contribution in [1.29, 1.82) is 0 Å². The molecule has 5 rings (SSSR count). The van der Waals surface area contributed by atoms with Crippen molar-refractivity contribution < 1.29 is 23.4 Å². The number of ether oxygens (including phenoxy) is 3. The molecule has 1 aliphatic heterocycles.